The first kappa shape index (κ1) is 19.2. The van der Waals surface area contributed by atoms with Gasteiger partial charge in [0, 0.05) is 0 Å². The molecule has 0 N–H and O–H groups in total. The third-order valence-corrected chi connectivity index (χ3v) is 3.50. The van der Waals surface area contributed by atoms with Gasteiger partial charge in [0.15, 0.2) is 0 Å². The zero-order valence-corrected chi connectivity index (χ0v) is 14.7. The van der Waals surface area contributed by atoms with Gasteiger partial charge in [-0.05, 0) is 44.2 Å². The van der Waals surface area contributed by atoms with Crippen LogP contribution < -0.4 is 0 Å². The van der Waals surface area contributed by atoms with E-state index >= 15 is 0 Å². The molecule has 0 spiro atoms. The standard InChI is InChI=1S/C19H28O4/c1-5-6-11-22-19(21)17-13-15(4)9-10-16(17)18(20)23-12-7-8-14(2)3/h9-10,13-14H,5-8,11-12H2,1-4H3. The zero-order valence-electron chi connectivity index (χ0n) is 14.7. The molecule has 1 aromatic rings. The summed E-state index contributed by atoms with van der Waals surface area (Å²) in [6, 6.07) is 5.11. The van der Waals surface area contributed by atoms with E-state index in [0.29, 0.717) is 19.1 Å². The predicted molar refractivity (Wildman–Crippen MR) is 90.7 cm³/mol. The van der Waals surface area contributed by atoms with Crippen molar-refractivity contribution in [3.05, 3.63) is 34.9 Å². The van der Waals surface area contributed by atoms with E-state index in [1.165, 1.54) is 0 Å². The molecule has 4 heteroatoms. The van der Waals surface area contributed by atoms with Crippen molar-refractivity contribution in [2.45, 2.75) is 53.4 Å². The first-order chi connectivity index (χ1) is 11.0. The van der Waals surface area contributed by atoms with Crippen molar-refractivity contribution in [2.24, 2.45) is 5.92 Å². The SMILES string of the molecule is CCCCOC(=O)c1cc(C)ccc1C(=O)OCCCC(C)C. The number of rotatable bonds is 9. The van der Waals surface area contributed by atoms with Crippen molar-refractivity contribution in [3.8, 4) is 0 Å². The summed E-state index contributed by atoms with van der Waals surface area (Å²) in [6.07, 6.45) is 3.59. The molecule has 0 aliphatic carbocycles. The van der Waals surface area contributed by atoms with E-state index in [4.69, 9.17) is 9.47 Å². The van der Waals surface area contributed by atoms with Crippen molar-refractivity contribution in [1.82, 2.24) is 0 Å². The normalized spacial score (nSPS) is 10.7. The van der Waals surface area contributed by atoms with Gasteiger partial charge in [0.25, 0.3) is 0 Å². The van der Waals surface area contributed by atoms with E-state index in [0.717, 1.165) is 31.2 Å². The summed E-state index contributed by atoms with van der Waals surface area (Å²) in [4.78, 5) is 24.4. The van der Waals surface area contributed by atoms with Crippen molar-refractivity contribution < 1.29 is 19.1 Å². The summed E-state index contributed by atoms with van der Waals surface area (Å²) in [5.41, 5.74) is 1.47. The van der Waals surface area contributed by atoms with Gasteiger partial charge in [0.05, 0.1) is 24.3 Å². The minimum Gasteiger partial charge on any atom is -0.462 e. The van der Waals surface area contributed by atoms with Crippen LogP contribution in [-0.4, -0.2) is 25.2 Å². The average molecular weight is 320 g/mol. The van der Waals surface area contributed by atoms with E-state index in [1.54, 1.807) is 18.2 Å². The molecular formula is C19H28O4. The first-order valence-electron chi connectivity index (χ1n) is 8.40. The number of benzene rings is 1. The molecule has 0 radical (unpaired) electrons. The lowest BCUT2D eigenvalue weighted by molar-refractivity contribution is 0.0450. The average Bonchev–Trinajstić information content (AvgIpc) is 2.51. The van der Waals surface area contributed by atoms with Crippen LogP contribution in [-0.2, 0) is 9.47 Å². The maximum Gasteiger partial charge on any atom is 0.339 e. The van der Waals surface area contributed by atoms with Gasteiger partial charge < -0.3 is 9.47 Å². The number of aryl methyl sites for hydroxylation is 1. The molecule has 0 amide bonds. The van der Waals surface area contributed by atoms with Crippen LogP contribution in [0.5, 0.6) is 0 Å². The fraction of sp³-hybridized carbons (Fsp3) is 0.579. The highest BCUT2D eigenvalue weighted by Crippen LogP contribution is 2.15. The monoisotopic (exact) mass is 320 g/mol. The highest BCUT2D eigenvalue weighted by molar-refractivity contribution is 6.03. The Balaban J connectivity index is 2.73. The quantitative estimate of drug-likeness (QED) is 0.495. The van der Waals surface area contributed by atoms with E-state index < -0.39 is 11.9 Å². The molecule has 0 saturated carbocycles. The van der Waals surface area contributed by atoms with Gasteiger partial charge >= 0.3 is 11.9 Å². The second-order valence-corrected chi connectivity index (χ2v) is 6.21. The van der Waals surface area contributed by atoms with Gasteiger partial charge in [0.2, 0.25) is 0 Å². The topological polar surface area (TPSA) is 52.6 Å². The number of hydrogen-bond acceptors (Lipinski definition) is 4. The van der Waals surface area contributed by atoms with Crippen LogP contribution in [0.2, 0.25) is 0 Å². The summed E-state index contributed by atoms with van der Waals surface area (Å²) >= 11 is 0. The van der Waals surface area contributed by atoms with Crippen LogP contribution in [0.3, 0.4) is 0 Å². The van der Waals surface area contributed by atoms with Gasteiger partial charge in [-0.2, -0.15) is 0 Å². The highest BCUT2D eigenvalue weighted by Gasteiger charge is 2.19. The van der Waals surface area contributed by atoms with Crippen LogP contribution in [0.1, 0.15) is 72.7 Å². The molecule has 1 aromatic carbocycles. The Bertz CT molecular complexity index is 520. The van der Waals surface area contributed by atoms with Gasteiger partial charge in [-0.1, -0.05) is 38.8 Å². The Hall–Kier alpha value is -1.84. The molecule has 0 fully saturated rings. The summed E-state index contributed by atoms with van der Waals surface area (Å²) in [7, 11) is 0. The first-order valence-corrected chi connectivity index (χ1v) is 8.40. The molecule has 0 bridgehead atoms. The molecule has 1 rings (SSSR count). The number of esters is 2. The van der Waals surface area contributed by atoms with Crippen molar-refractivity contribution in [2.75, 3.05) is 13.2 Å². The molecule has 0 unspecified atom stereocenters. The zero-order chi connectivity index (χ0) is 17.2. The molecule has 0 heterocycles. The third-order valence-electron chi connectivity index (χ3n) is 3.50. The van der Waals surface area contributed by atoms with E-state index in [1.807, 2.05) is 13.8 Å². The van der Waals surface area contributed by atoms with Crippen LogP contribution in [0.25, 0.3) is 0 Å². The lowest BCUT2D eigenvalue weighted by atomic mass is 10.0. The Labute approximate surface area is 139 Å². The van der Waals surface area contributed by atoms with Crippen molar-refractivity contribution in [1.29, 1.82) is 0 Å². The minimum absolute atomic E-state index is 0.279. The Kier molecular flexibility index (Phi) is 8.38. The van der Waals surface area contributed by atoms with Gasteiger partial charge in [-0.25, -0.2) is 9.59 Å². The second kappa shape index (κ2) is 10.0. The Morgan fingerprint density at radius 2 is 1.61 bits per heavy atom. The lowest BCUT2D eigenvalue weighted by Gasteiger charge is -2.11. The molecule has 0 saturated heterocycles. The predicted octanol–water partition coefficient (Wildman–Crippen LogP) is 4.54. The van der Waals surface area contributed by atoms with Gasteiger partial charge in [-0.15, -0.1) is 0 Å². The summed E-state index contributed by atoms with van der Waals surface area (Å²) in [5.74, 6) is -0.343. The van der Waals surface area contributed by atoms with Gasteiger partial charge in [0.1, 0.15) is 0 Å². The summed E-state index contributed by atoms with van der Waals surface area (Å²) in [5, 5.41) is 0. The molecule has 4 nitrogen and oxygen atoms in total. The van der Waals surface area contributed by atoms with E-state index in [2.05, 4.69) is 13.8 Å². The second-order valence-electron chi connectivity index (χ2n) is 6.21. The Morgan fingerprint density at radius 3 is 2.22 bits per heavy atom. The molecular weight excluding hydrogens is 292 g/mol. The van der Waals surface area contributed by atoms with E-state index in [-0.39, 0.29) is 11.1 Å². The van der Waals surface area contributed by atoms with Crippen LogP contribution in [0.4, 0.5) is 0 Å². The number of hydrogen-bond donors (Lipinski definition) is 0. The Morgan fingerprint density at radius 1 is 1.00 bits per heavy atom. The molecule has 0 aliphatic rings. The molecule has 0 aromatic heterocycles. The number of ether oxygens (including phenoxy) is 2. The largest absolute Gasteiger partial charge is 0.462 e. The van der Waals surface area contributed by atoms with Gasteiger partial charge in [-0.3, -0.25) is 0 Å². The smallest absolute Gasteiger partial charge is 0.339 e. The minimum atomic E-state index is -0.462. The van der Waals surface area contributed by atoms with Crippen LogP contribution in [0.15, 0.2) is 18.2 Å². The number of unbranched alkanes of at least 4 members (excludes halogenated alkanes) is 1. The maximum absolute atomic E-state index is 12.2. The maximum atomic E-state index is 12.2. The fourth-order valence-electron chi connectivity index (χ4n) is 2.13. The van der Waals surface area contributed by atoms with Crippen LogP contribution >= 0.6 is 0 Å². The fourth-order valence-corrected chi connectivity index (χ4v) is 2.13. The highest BCUT2D eigenvalue weighted by atomic mass is 16.5. The molecule has 128 valence electrons. The summed E-state index contributed by atoms with van der Waals surface area (Å²) < 4.78 is 10.5. The number of carbonyl (C=O) groups is 2. The summed E-state index contributed by atoms with van der Waals surface area (Å²) in [6.45, 7) is 8.90. The molecule has 23 heavy (non-hydrogen) atoms. The van der Waals surface area contributed by atoms with Crippen molar-refractivity contribution in [3.63, 3.8) is 0 Å². The number of carbonyl (C=O) groups excluding carboxylic acids is 2. The molecule has 0 atom stereocenters. The lowest BCUT2D eigenvalue weighted by Crippen LogP contribution is -2.15. The third kappa shape index (κ3) is 6.85. The van der Waals surface area contributed by atoms with E-state index in [9.17, 15) is 9.59 Å². The van der Waals surface area contributed by atoms with Crippen LogP contribution in [0, 0.1) is 12.8 Å². The molecule has 0 aliphatic heterocycles. The van der Waals surface area contributed by atoms with Crippen molar-refractivity contribution >= 4 is 11.9 Å².